The maximum Gasteiger partial charge on any atom is 0.139 e. The van der Waals surface area contributed by atoms with Crippen molar-refractivity contribution in [2.45, 2.75) is 6.61 Å². The summed E-state index contributed by atoms with van der Waals surface area (Å²) in [5.74, 6) is 1.08. The second-order valence-electron chi connectivity index (χ2n) is 3.91. The lowest BCUT2D eigenvalue weighted by atomic mass is 10.2. The topological polar surface area (TPSA) is 55.5 Å². The van der Waals surface area contributed by atoms with Crippen LogP contribution in [0.15, 0.2) is 42.5 Å². The number of thiocarbonyl (C=S) groups is 1. The van der Waals surface area contributed by atoms with Gasteiger partial charge in [-0.25, -0.2) is 0 Å². The highest BCUT2D eigenvalue weighted by molar-refractivity contribution is 7.80. The van der Waals surface area contributed by atoms with Gasteiger partial charge < -0.3 is 15.6 Å². The van der Waals surface area contributed by atoms with Gasteiger partial charge in [-0.15, -0.1) is 0 Å². The molecule has 0 saturated heterocycles. The Morgan fingerprint density at radius 1 is 1.26 bits per heavy atom. The lowest BCUT2D eigenvalue weighted by Crippen LogP contribution is -2.10. The molecule has 0 aromatic heterocycles. The zero-order valence-corrected chi connectivity index (χ0v) is 11.5. The minimum absolute atomic E-state index is 0.0467. The van der Waals surface area contributed by atoms with Gasteiger partial charge in [-0.05, 0) is 29.8 Å². The Morgan fingerprint density at radius 2 is 2.05 bits per heavy atom. The van der Waals surface area contributed by atoms with Crippen LogP contribution >= 0.6 is 23.8 Å². The van der Waals surface area contributed by atoms with Crippen molar-refractivity contribution in [1.29, 1.82) is 0 Å². The summed E-state index contributed by atoms with van der Waals surface area (Å²) < 4.78 is 5.73. The third kappa shape index (κ3) is 3.44. The highest BCUT2D eigenvalue weighted by Crippen LogP contribution is 2.29. The number of rotatable bonds is 4. The Balaban J connectivity index is 2.36. The Morgan fingerprint density at radius 3 is 2.74 bits per heavy atom. The van der Waals surface area contributed by atoms with E-state index in [2.05, 4.69) is 0 Å². The molecule has 0 amide bonds. The smallest absolute Gasteiger partial charge is 0.139 e. The largest absolute Gasteiger partial charge is 0.457 e. The van der Waals surface area contributed by atoms with Crippen LogP contribution in [0.1, 0.15) is 11.1 Å². The number of hydrogen-bond acceptors (Lipinski definition) is 3. The SMILES string of the molecule is NC(=S)c1ccc(Cl)cc1Oc1cccc(CO)c1. The van der Waals surface area contributed by atoms with Crippen molar-refractivity contribution in [3.63, 3.8) is 0 Å². The quantitative estimate of drug-likeness (QED) is 0.850. The molecule has 0 saturated carbocycles. The van der Waals surface area contributed by atoms with E-state index in [9.17, 15) is 0 Å². The van der Waals surface area contributed by atoms with Gasteiger partial charge in [-0.3, -0.25) is 0 Å². The van der Waals surface area contributed by atoms with Gasteiger partial charge in [0, 0.05) is 11.1 Å². The highest BCUT2D eigenvalue weighted by atomic mass is 35.5. The van der Waals surface area contributed by atoms with Crippen LogP contribution in [-0.4, -0.2) is 10.1 Å². The van der Waals surface area contributed by atoms with Crippen molar-refractivity contribution >= 4 is 28.8 Å². The van der Waals surface area contributed by atoms with E-state index in [0.717, 1.165) is 5.56 Å². The van der Waals surface area contributed by atoms with E-state index < -0.39 is 0 Å². The minimum atomic E-state index is -0.0467. The molecule has 2 rings (SSSR count). The molecular weight excluding hydrogens is 282 g/mol. The number of hydrogen-bond donors (Lipinski definition) is 2. The zero-order chi connectivity index (χ0) is 13.8. The van der Waals surface area contributed by atoms with Gasteiger partial charge in [0.2, 0.25) is 0 Å². The van der Waals surface area contributed by atoms with Crippen LogP contribution in [0, 0.1) is 0 Å². The standard InChI is InChI=1S/C14H12ClNO2S/c15-10-4-5-12(14(16)19)13(7-10)18-11-3-1-2-9(6-11)8-17/h1-7,17H,8H2,(H2,16,19). The molecule has 0 atom stereocenters. The summed E-state index contributed by atoms with van der Waals surface area (Å²) in [5.41, 5.74) is 7.02. The Labute approximate surface area is 121 Å². The van der Waals surface area contributed by atoms with Crippen LogP contribution in [-0.2, 0) is 6.61 Å². The van der Waals surface area contributed by atoms with E-state index in [1.165, 1.54) is 0 Å². The van der Waals surface area contributed by atoms with Crippen molar-refractivity contribution in [2.75, 3.05) is 0 Å². The summed E-state index contributed by atoms with van der Waals surface area (Å²) in [6.45, 7) is -0.0467. The number of ether oxygens (including phenoxy) is 1. The molecule has 0 fully saturated rings. The molecule has 0 spiro atoms. The van der Waals surface area contributed by atoms with Gasteiger partial charge in [-0.2, -0.15) is 0 Å². The van der Waals surface area contributed by atoms with Crippen LogP contribution in [0.4, 0.5) is 0 Å². The molecule has 3 nitrogen and oxygen atoms in total. The first kappa shape index (κ1) is 13.8. The molecule has 2 aromatic rings. The lowest BCUT2D eigenvalue weighted by molar-refractivity contribution is 0.281. The lowest BCUT2D eigenvalue weighted by Gasteiger charge is -2.11. The normalized spacial score (nSPS) is 10.2. The minimum Gasteiger partial charge on any atom is -0.457 e. The summed E-state index contributed by atoms with van der Waals surface area (Å²) >= 11 is 10.9. The van der Waals surface area contributed by atoms with Crippen molar-refractivity contribution < 1.29 is 9.84 Å². The number of halogens is 1. The fourth-order valence-corrected chi connectivity index (χ4v) is 1.95. The highest BCUT2D eigenvalue weighted by Gasteiger charge is 2.08. The zero-order valence-electron chi connectivity index (χ0n) is 9.97. The average molecular weight is 294 g/mol. The number of benzene rings is 2. The molecule has 0 unspecified atom stereocenters. The van der Waals surface area contributed by atoms with Crippen molar-refractivity contribution in [1.82, 2.24) is 0 Å². The molecule has 3 N–H and O–H groups in total. The first-order valence-corrected chi connectivity index (χ1v) is 6.36. The van der Waals surface area contributed by atoms with E-state index >= 15 is 0 Å². The average Bonchev–Trinajstić information content (AvgIpc) is 2.38. The van der Waals surface area contributed by atoms with E-state index in [0.29, 0.717) is 22.1 Å². The molecule has 0 radical (unpaired) electrons. The first-order valence-electron chi connectivity index (χ1n) is 5.57. The Bertz CT molecular complexity index is 616. The third-order valence-electron chi connectivity index (χ3n) is 2.52. The van der Waals surface area contributed by atoms with Gasteiger partial charge in [0.25, 0.3) is 0 Å². The second-order valence-corrected chi connectivity index (χ2v) is 4.79. The Kier molecular flexibility index (Phi) is 4.37. The van der Waals surface area contributed by atoms with Crippen LogP contribution < -0.4 is 10.5 Å². The van der Waals surface area contributed by atoms with E-state index in [1.807, 2.05) is 0 Å². The van der Waals surface area contributed by atoms with Crippen LogP contribution in [0.3, 0.4) is 0 Å². The maximum absolute atomic E-state index is 9.10. The third-order valence-corrected chi connectivity index (χ3v) is 2.97. The maximum atomic E-state index is 9.10. The number of aliphatic hydroxyl groups is 1. The summed E-state index contributed by atoms with van der Waals surface area (Å²) in [5, 5.41) is 9.63. The molecular formula is C14H12ClNO2S. The molecule has 2 aromatic carbocycles. The molecule has 0 heterocycles. The summed E-state index contributed by atoms with van der Waals surface area (Å²) in [4.78, 5) is 0.241. The molecule has 0 aliphatic heterocycles. The van der Waals surface area contributed by atoms with Gasteiger partial charge in [0.1, 0.15) is 16.5 Å². The van der Waals surface area contributed by atoms with Crippen molar-refractivity contribution in [3.05, 3.63) is 58.6 Å². The summed E-state index contributed by atoms with van der Waals surface area (Å²) in [6, 6.07) is 12.2. The molecule has 98 valence electrons. The van der Waals surface area contributed by atoms with Gasteiger partial charge in [0.05, 0.1) is 12.2 Å². The van der Waals surface area contributed by atoms with E-state index in [1.54, 1.807) is 42.5 Å². The van der Waals surface area contributed by atoms with Crippen molar-refractivity contribution in [3.8, 4) is 11.5 Å². The van der Waals surface area contributed by atoms with Crippen LogP contribution in [0.2, 0.25) is 5.02 Å². The van der Waals surface area contributed by atoms with Gasteiger partial charge >= 0.3 is 0 Å². The van der Waals surface area contributed by atoms with Crippen LogP contribution in [0.25, 0.3) is 0 Å². The number of aliphatic hydroxyl groups excluding tert-OH is 1. The van der Waals surface area contributed by atoms with E-state index in [-0.39, 0.29) is 11.6 Å². The summed E-state index contributed by atoms with van der Waals surface area (Å²) in [7, 11) is 0. The first-order chi connectivity index (χ1) is 9.10. The predicted molar refractivity (Wildman–Crippen MR) is 79.8 cm³/mol. The molecule has 19 heavy (non-hydrogen) atoms. The molecule has 0 aliphatic rings. The van der Waals surface area contributed by atoms with Gasteiger partial charge in [-0.1, -0.05) is 36.0 Å². The van der Waals surface area contributed by atoms with E-state index in [4.69, 9.17) is 39.4 Å². The van der Waals surface area contributed by atoms with Crippen LogP contribution in [0.5, 0.6) is 11.5 Å². The molecule has 0 aliphatic carbocycles. The fraction of sp³-hybridized carbons (Fsp3) is 0.0714. The van der Waals surface area contributed by atoms with Gasteiger partial charge in [0.15, 0.2) is 0 Å². The second kappa shape index (κ2) is 6.02. The Hall–Kier alpha value is -1.62. The molecule has 0 bridgehead atoms. The molecule has 5 heteroatoms. The monoisotopic (exact) mass is 293 g/mol. The van der Waals surface area contributed by atoms with Crippen molar-refractivity contribution in [2.24, 2.45) is 5.73 Å². The number of nitrogens with two attached hydrogens (primary N) is 1. The summed E-state index contributed by atoms with van der Waals surface area (Å²) in [6.07, 6.45) is 0. The fourth-order valence-electron chi connectivity index (χ4n) is 1.62. The predicted octanol–water partition coefficient (Wildman–Crippen LogP) is 3.26.